The number of anilines is 1. The molecule has 5 heteroatoms. The Balaban J connectivity index is 2.21. The fourth-order valence-corrected chi connectivity index (χ4v) is 2.68. The van der Waals surface area contributed by atoms with Crippen LogP contribution in [0.4, 0.5) is 5.69 Å². The number of aryl methyl sites for hydroxylation is 1. The van der Waals surface area contributed by atoms with Crippen LogP contribution in [0.5, 0.6) is 0 Å². The van der Waals surface area contributed by atoms with E-state index in [2.05, 4.69) is 10.3 Å². The minimum Gasteiger partial charge on any atom is -0.392 e. The molecule has 3 nitrogen and oxygen atoms in total. The molecule has 2 rings (SSSR count). The molecule has 1 aromatic rings. The van der Waals surface area contributed by atoms with Gasteiger partial charge in [-0.05, 0) is 25.0 Å². The molecule has 1 aliphatic carbocycles. The van der Waals surface area contributed by atoms with E-state index >= 15 is 0 Å². The first-order chi connectivity index (χ1) is 7.82. The van der Waals surface area contributed by atoms with Crippen molar-refractivity contribution in [1.29, 1.82) is 0 Å². The molecule has 1 saturated carbocycles. The number of nitrogens with one attached hydrogen (secondary N) is 1. The van der Waals surface area contributed by atoms with Gasteiger partial charge in [-0.25, -0.2) is 4.98 Å². The Bertz CT molecular complexity index is 425. The van der Waals surface area contributed by atoms with E-state index in [1.54, 1.807) is 6.07 Å². The average Bonchev–Trinajstić information content (AvgIpc) is 2.21. The molecule has 2 unspecified atom stereocenters. The number of halogens is 2. The van der Waals surface area contributed by atoms with Crippen LogP contribution in [0.25, 0.3) is 0 Å². The van der Waals surface area contributed by atoms with Crippen LogP contribution in [-0.2, 0) is 0 Å². The molecule has 1 aromatic heterocycles. The van der Waals surface area contributed by atoms with Gasteiger partial charge in [0.25, 0.3) is 0 Å². The molecule has 17 heavy (non-hydrogen) atoms. The highest BCUT2D eigenvalue weighted by Crippen LogP contribution is 2.43. The van der Waals surface area contributed by atoms with E-state index in [0.717, 1.165) is 17.7 Å². The second-order valence-corrected chi connectivity index (χ2v) is 5.94. The van der Waals surface area contributed by atoms with Gasteiger partial charge in [0.15, 0.2) is 5.15 Å². The fourth-order valence-electron chi connectivity index (χ4n) is 2.09. The maximum atomic E-state index is 9.70. The zero-order valence-electron chi connectivity index (χ0n) is 10.1. The predicted octanol–water partition coefficient (Wildman–Crippen LogP) is 3.27. The van der Waals surface area contributed by atoms with Gasteiger partial charge < -0.3 is 10.4 Å². The molecule has 0 spiro atoms. The second kappa shape index (κ2) is 4.30. The highest BCUT2D eigenvalue weighted by Gasteiger charge is 2.47. The van der Waals surface area contributed by atoms with Gasteiger partial charge in [0.05, 0.1) is 11.8 Å². The molecule has 0 saturated heterocycles. The first-order valence-electron chi connectivity index (χ1n) is 5.59. The molecule has 0 aromatic carbocycles. The van der Waals surface area contributed by atoms with E-state index in [1.165, 1.54) is 0 Å². The third-order valence-corrected chi connectivity index (χ3v) is 4.14. The number of aliphatic hydroxyl groups is 1. The molecule has 94 valence electrons. The van der Waals surface area contributed by atoms with E-state index < -0.39 is 0 Å². The molecule has 0 amide bonds. The van der Waals surface area contributed by atoms with Crippen molar-refractivity contribution in [1.82, 2.24) is 4.98 Å². The monoisotopic (exact) mass is 274 g/mol. The van der Waals surface area contributed by atoms with Gasteiger partial charge in [-0.3, -0.25) is 0 Å². The predicted molar refractivity (Wildman–Crippen MR) is 70.8 cm³/mol. The largest absolute Gasteiger partial charge is 0.392 e. The summed E-state index contributed by atoms with van der Waals surface area (Å²) in [5.41, 5.74) is 1.63. The van der Waals surface area contributed by atoms with Crippen LogP contribution in [-0.4, -0.2) is 22.2 Å². The van der Waals surface area contributed by atoms with Crippen LogP contribution in [0.3, 0.4) is 0 Å². The van der Waals surface area contributed by atoms with E-state index in [9.17, 15) is 5.11 Å². The molecule has 1 aliphatic rings. The second-order valence-electron chi connectivity index (χ2n) is 5.20. The zero-order chi connectivity index (χ0) is 12.8. The van der Waals surface area contributed by atoms with Gasteiger partial charge in [-0.15, -0.1) is 0 Å². The number of hydrogen-bond donors (Lipinski definition) is 2. The average molecular weight is 275 g/mol. The first kappa shape index (κ1) is 12.9. The van der Waals surface area contributed by atoms with Gasteiger partial charge in [0.1, 0.15) is 5.15 Å². The summed E-state index contributed by atoms with van der Waals surface area (Å²) in [6, 6.07) is 1.98. The van der Waals surface area contributed by atoms with Gasteiger partial charge in [0, 0.05) is 11.5 Å². The van der Waals surface area contributed by atoms with E-state index in [4.69, 9.17) is 23.2 Å². The van der Waals surface area contributed by atoms with Gasteiger partial charge >= 0.3 is 0 Å². The number of nitrogens with zero attached hydrogens (tertiary/aromatic N) is 1. The fraction of sp³-hybridized carbons (Fsp3) is 0.583. The van der Waals surface area contributed by atoms with Crippen LogP contribution >= 0.6 is 23.2 Å². The van der Waals surface area contributed by atoms with Crippen LogP contribution in [0, 0.1) is 12.3 Å². The van der Waals surface area contributed by atoms with Crippen LogP contribution in [0.15, 0.2) is 6.07 Å². The van der Waals surface area contributed by atoms with Crippen molar-refractivity contribution < 1.29 is 5.11 Å². The lowest BCUT2D eigenvalue weighted by molar-refractivity contribution is -0.0510. The van der Waals surface area contributed by atoms with E-state index in [0.29, 0.717) is 10.3 Å². The Hall–Kier alpha value is -0.510. The Morgan fingerprint density at radius 2 is 2.12 bits per heavy atom. The standard InChI is InChI=1S/C12H16Cl2N2O/c1-6-4-9(13)16-11(14)10(6)15-7-5-8(17)12(7,2)3/h4,7-8,15,17H,5H2,1-3H3. The summed E-state index contributed by atoms with van der Waals surface area (Å²) in [5.74, 6) is 0. The zero-order valence-corrected chi connectivity index (χ0v) is 11.6. The van der Waals surface area contributed by atoms with Crippen LogP contribution < -0.4 is 5.32 Å². The summed E-state index contributed by atoms with van der Waals surface area (Å²) in [6.07, 6.45) is 0.463. The summed E-state index contributed by atoms with van der Waals surface area (Å²) in [6.45, 7) is 6.00. The molecule has 0 aliphatic heterocycles. The van der Waals surface area contributed by atoms with Crippen molar-refractivity contribution in [2.24, 2.45) is 5.41 Å². The third kappa shape index (κ3) is 2.24. The highest BCUT2D eigenvalue weighted by molar-refractivity contribution is 6.34. The lowest BCUT2D eigenvalue weighted by Crippen LogP contribution is -2.57. The van der Waals surface area contributed by atoms with Gasteiger partial charge in [-0.2, -0.15) is 0 Å². The molecular weight excluding hydrogens is 259 g/mol. The van der Waals surface area contributed by atoms with Crippen molar-refractivity contribution in [2.75, 3.05) is 5.32 Å². The highest BCUT2D eigenvalue weighted by atomic mass is 35.5. The summed E-state index contributed by atoms with van der Waals surface area (Å²) in [4.78, 5) is 4.02. The summed E-state index contributed by atoms with van der Waals surface area (Å²) in [5, 5.41) is 13.8. The minimum atomic E-state index is -0.264. The van der Waals surface area contributed by atoms with Gasteiger partial charge in [-0.1, -0.05) is 37.0 Å². The van der Waals surface area contributed by atoms with Gasteiger partial charge in [0.2, 0.25) is 0 Å². The maximum Gasteiger partial charge on any atom is 0.154 e. The molecule has 1 fully saturated rings. The topological polar surface area (TPSA) is 45.2 Å². The Kier molecular flexibility index (Phi) is 3.27. The smallest absolute Gasteiger partial charge is 0.154 e. The number of pyridine rings is 1. The summed E-state index contributed by atoms with van der Waals surface area (Å²) in [7, 11) is 0. The number of hydrogen-bond acceptors (Lipinski definition) is 3. The summed E-state index contributed by atoms with van der Waals surface area (Å²) >= 11 is 11.9. The number of aliphatic hydroxyl groups excluding tert-OH is 1. The van der Waals surface area contributed by atoms with Crippen molar-refractivity contribution in [3.8, 4) is 0 Å². The lowest BCUT2D eigenvalue weighted by Gasteiger charge is -2.50. The molecule has 2 atom stereocenters. The molecular formula is C12H16Cl2N2O. The lowest BCUT2D eigenvalue weighted by atomic mass is 9.64. The van der Waals surface area contributed by atoms with Crippen LogP contribution in [0.2, 0.25) is 10.3 Å². The molecule has 0 radical (unpaired) electrons. The molecule has 0 bridgehead atoms. The Morgan fingerprint density at radius 3 is 2.59 bits per heavy atom. The summed E-state index contributed by atoms with van der Waals surface area (Å²) < 4.78 is 0. The normalized spacial score (nSPS) is 26.5. The molecule has 1 heterocycles. The Morgan fingerprint density at radius 1 is 1.47 bits per heavy atom. The number of rotatable bonds is 2. The van der Waals surface area contributed by atoms with Crippen LogP contribution in [0.1, 0.15) is 25.8 Å². The quantitative estimate of drug-likeness (QED) is 0.814. The SMILES string of the molecule is Cc1cc(Cl)nc(Cl)c1NC1CC(O)C1(C)C. The Labute approximate surface area is 111 Å². The van der Waals surface area contributed by atoms with E-state index in [1.807, 2.05) is 20.8 Å². The first-order valence-corrected chi connectivity index (χ1v) is 6.35. The van der Waals surface area contributed by atoms with E-state index in [-0.39, 0.29) is 17.6 Å². The van der Waals surface area contributed by atoms with Crippen molar-refractivity contribution >= 4 is 28.9 Å². The third-order valence-electron chi connectivity index (χ3n) is 3.68. The van der Waals surface area contributed by atoms with Crippen molar-refractivity contribution in [3.63, 3.8) is 0 Å². The van der Waals surface area contributed by atoms with Crippen molar-refractivity contribution in [2.45, 2.75) is 39.3 Å². The molecule has 2 N–H and O–H groups in total. The minimum absolute atomic E-state index is 0.143. The number of aromatic nitrogens is 1. The maximum absolute atomic E-state index is 9.70. The van der Waals surface area contributed by atoms with Crippen molar-refractivity contribution in [3.05, 3.63) is 21.9 Å².